The maximum atomic E-state index is 12.9. The van der Waals surface area contributed by atoms with E-state index in [9.17, 15) is 4.79 Å². The first-order chi connectivity index (χ1) is 12.6. The predicted octanol–water partition coefficient (Wildman–Crippen LogP) is 5.51. The second-order valence-corrected chi connectivity index (χ2v) is 6.08. The highest BCUT2D eigenvalue weighted by atomic mass is 35.5. The van der Waals surface area contributed by atoms with E-state index in [1.807, 2.05) is 25.1 Å². The summed E-state index contributed by atoms with van der Waals surface area (Å²) >= 11 is 6.27. The minimum atomic E-state index is -0.145. The number of ketones is 1. The van der Waals surface area contributed by atoms with Crippen LogP contribution in [0.3, 0.4) is 0 Å². The van der Waals surface area contributed by atoms with Crippen LogP contribution in [-0.4, -0.2) is 12.4 Å². The van der Waals surface area contributed by atoms with Crippen LogP contribution in [0.25, 0.3) is 11.1 Å². The summed E-state index contributed by atoms with van der Waals surface area (Å²) in [7, 11) is 0. The van der Waals surface area contributed by atoms with Crippen LogP contribution in [0.2, 0.25) is 5.02 Å². The molecule has 0 spiro atoms. The van der Waals surface area contributed by atoms with Crippen LogP contribution < -0.4 is 4.74 Å². The first-order valence-corrected chi connectivity index (χ1v) is 8.58. The van der Waals surface area contributed by atoms with E-state index in [0.29, 0.717) is 28.3 Å². The molecule has 0 aliphatic rings. The molecule has 26 heavy (non-hydrogen) atoms. The molecule has 0 aliphatic heterocycles. The largest absolute Gasteiger partial charge is 0.494 e. The zero-order valence-corrected chi connectivity index (χ0v) is 15.0. The van der Waals surface area contributed by atoms with E-state index in [4.69, 9.17) is 21.6 Å². The SMILES string of the molecule is CCOc1ccc(C(=O)c2cc(-c3ccc(C#N)cc3)ccc2Cl)cc1. The number of hydrogen-bond donors (Lipinski definition) is 0. The fourth-order valence-corrected chi connectivity index (χ4v) is 2.84. The maximum Gasteiger partial charge on any atom is 0.194 e. The van der Waals surface area contributed by atoms with Crippen LogP contribution in [0, 0.1) is 11.3 Å². The molecule has 0 amide bonds. The molecular formula is C22H16ClNO2. The number of carbonyl (C=O) groups is 1. The first-order valence-electron chi connectivity index (χ1n) is 8.20. The topological polar surface area (TPSA) is 50.1 Å². The van der Waals surface area contributed by atoms with Gasteiger partial charge in [-0.2, -0.15) is 5.26 Å². The Hall–Kier alpha value is -3.09. The number of hydrogen-bond acceptors (Lipinski definition) is 3. The Labute approximate surface area is 157 Å². The first kappa shape index (κ1) is 17.7. The van der Waals surface area contributed by atoms with Crippen molar-refractivity contribution in [3.8, 4) is 22.9 Å². The third-order valence-corrected chi connectivity index (χ3v) is 4.32. The fraction of sp³-hybridized carbons (Fsp3) is 0.0909. The Morgan fingerprint density at radius 2 is 1.65 bits per heavy atom. The Morgan fingerprint density at radius 1 is 1.00 bits per heavy atom. The number of nitrogens with zero attached hydrogens (tertiary/aromatic N) is 1. The molecule has 0 saturated heterocycles. The molecule has 0 unspecified atom stereocenters. The van der Waals surface area contributed by atoms with Crippen LogP contribution in [0.5, 0.6) is 5.75 Å². The van der Waals surface area contributed by atoms with Gasteiger partial charge in [0.2, 0.25) is 0 Å². The third-order valence-electron chi connectivity index (χ3n) is 3.99. The van der Waals surface area contributed by atoms with Gasteiger partial charge >= 0.3 is 0 Å². The molecule has 0 fully saturated rings. The second-order valence-electron chi connectivity index (χ2n) is 5.67. The summed E-state index contributed by atoms with van der Waals surface area (Å²) in [6.45, 7) is 2.49. The lowest BCUT2D eigenvalue weighted by atomic mass is 9.97. The van der Waals surface area contributed by atoms with Crippen LogP contribution in [-0.2, 0) is 0 Å². The number of ether oxygens (including phenoxy) is 1. The quantitative estimate of drug-likeness (QED) is 0.563. The second kappa shape index (κ2) is 7.86. The van der Waals surface area contributed by atoms with Crippen LogP contribution in [0.4, 0.5) is 0 Å². The molecule has 4 heteroatoms. The van der Waals surface area contributed by atoms with E-state index >= 15 is 0 Å². The van der Waals surface area contributed by atoms with E-state index in [1.165, 1.54) is 0 Å². The van der Waals surface area contributed by atoms with E-state index < -0.39 is 0 Å². The Kier molecular flexibility index (Phi) is 5.36. The van der Waals surface area contributed by atoms with Crippen LogP contribution in [0.1, 0.15) is 28.4 Å². The van der Waals surface area contributed by atoms with Crippen molar-refractivity contribution in [2.75, 3.05) is 6.61 Å². The van der Waals surface area contributed by atoms with Crippen LogP contribution >= 0.6 is 11.6 Å². The van der Waals surface area contributed by atoms with Crippen molar-refractivity contribution < 1.29 is 9.53 Å². The normalized spacial score (nSPS) is 10.2. The number of carbonyl (C=O) groups excluding carboxylic acids is 1. The molecule has 0 saturated carbocycles. The summed E-state index contributed by atoms with van der Waals surface area (Å²) < 4.78 is 5.41. The van der Waals surface area contributed by atoms with E-state index in [0.717, 1.165) is 16.9 Å². The standard InChI is InChI=1S/C22H16ClNO2/c1-2-26-19-10-7-17(8-11-19)22(25)20-13-18(9-12-21(20)23)16-5-3-15(14-24)4-6-16/h3-13H,2H2,1H3. The molecule has 3 rings (SSSR count). The number of rotatable bonds is 5. The van der Waals surface area contributed by atoms with Gasteiger partial charge in [-0.05, 0) is 66.6 Å². The lowest BCUT2D eigenvalue weighted by Crippen LogP contribution is -2.03. The number of halogens is 1. The molecular weight excluding hydrogens is 346 g/mol. The Morgan fingerprint density at radius 3 is 2.27 bits per heavy atom. The minimum absolute atomic E-state index is 0.145. The lowest BCUT2D eigenvalue weighted by molar-refractivity contribution is 0.103. The summed E-state index contributed by atoms with van der Waals surface area (Å²) in [5.41, 5.74) is 3.37. The third kappa shape index (κ3) is 3.77. The van der Waals surface area contributed by atoms with Gasteiger partial charge in [-0.3, -0.25) is 4.79 Å². The maximum absolute atomic E-state index is 12.9. The molecule has 0 radical (unpaired) electrons. The van der Waals surface area contributed by atoms with Crippen molar-refractivity contribution in [2.24, 2.45) is 0 Å². The zero-order chi connectivity index (χ0) is 18.5. The van der Waals surface area contributed by atoms with Crippen molar-refractivity contribution in [2.45, 2.75) is 6.92 Å². The number of benzene rings is 3. The molecule has 3 aromatic carbocycles. The Balaban J connectivity index is 1.93. The highest BCUT2D eigenvalue weighted by molar-refractivity contribution is 6.35. The van der Waals surface area contributed by atoms with Crippen LogP contribution in [0.15, 0.2) is 66.7 Å². The molecule has 128 valence electrons. The molecule has 0 aromatic heterocycles. The average Bonchev–Trinajstić information content (AvgIpc) is 2.69. The fourth-order valence-electron chi connectivity index (χ4n) is 2.64. The van der Waals surface area contributed by atoms with Gasteiger partial charge in [-0.1, -0.05) is 29.8 Å². The molecule has 3 nitrogen and oxygen atoms in total. The van der Waals surface area contributed by atoms with E-state index in [-0.39, 0.29) is 5.78 Å². The van der Waals surface area contributed by atoms with Gasteiger partial charge in [0.05, 0.1) is 23.3 Å². The molecule has 3 aromatic rings. The molecule has 0 N–H and O–H groups in total. The van der Waals surface area contributed by atoms with Gasteiger partial charge in [-0.25, -0.2) is 0 Å². The highest BCUT2D eigenvalue weighted by Crippen LogP contribution is 2.27. The van der Waals surface area contributed by atoms with Crippen molar-refractivity contribution in [1.29, 1.82) is 5.26 Å². The summed E-state index contributed by atoms with van der Waals surface area (Å²) in [5, 5.41) is 9.31. The minimum Gasteiger partial charge on any atom is -0.494 e. The molecule has 0 aliphatic carbocycles. The van der Waals surface area contributed by atoms with E-state index in [2.05, 4.69) is 6.07 Å². The van der Waals surface area contributed by atoms with Gasteiger partial charge in [-0.15, -0.1) is 0 Å². The van der Waals surface area contributed by atoms with Gasteiger partial charge in [0.1, 0.15) is 5.75 Å². The van der Waals surface area contributed by atoms with E-state index in [1.54, 1.807) is 48.5 Å². The smallest absolute Gasteiger partial charge is 0.194 e. The van der Waals surface area contributed by atoms with Crippen molar-refractivity contribution >= 4 is 17.4 Å². The van der Waals surface area contributed by atoms with Crippen molar-refractivity contribution in [1.82, 2.24) is 0 Å². The summed E-state index contributed by atoms with van der Waals surface area (Å²) in [4.78, 5) is 12.9. The average molecular weight is 362 g/mol. The Bertz CT molecular complexity index is 971. The summed E-state index contributed by atoms with van der Waals surface area (Å²) in [6.07, 6.45) is 0. The van der Waals surface area contributed by atoms with Gasteiger partial charge in [0.15, 0.2) is 5.78 Å². The van der Waals surface area contributed by atoms with Crippen molar-refractivity contribution in [3.63, 3.8) is 0 Å². The molecule has 0 atom stereocenters. The summed E-state index contributed by atoms with van der Waals surface area (Å²) in [6, 6.07) is 21.7. The van der Waals surface area contributed by atoms with Crippen molar-refractivity contribution in [3.05, 3.63) is 88.4 Å². The summed E-state index contributed by atoms with van der Waals surface area (Å²) in [5.74, 6) is 0.579. The highest BCUT2D eigenvalue weighted by Gasteiger charge is 2.14. The van der Waals surface area contributed by atoms with Gasteiger partial charge in [0, 0.05) is 11.1 Å². The predicted molar refractivity (Wildman–Crippen MR) is 103 cm³/mol. The molecule has 0 heterocycles. The lowest BCUT2D eigenvalue weighted by Gasteiger charge is -2.09. The molecule has 0 bridgehead atoms. The van der Waals surface area contributed by atoms with Gasteiger partial charge in [0.25, 0.3) is 0 Å². The van der Waals surface area contributed by atoms with Gasteiger partial charge < -0.3 is 4.74 Å². The number of nitriles is 1. The monoisotopic (exact) mass is 361 g/mol. The zero-order valence-electron chi connectivity index (χ0n) is 14.2.